The molecular formula is C49H86O29. The third-order valence-corrected chi connectivity index (χ3v) is 18.2. The van der Waals surface area contributed by atoms with Crippen LogP contribution in [-0.2, 0) is 28.4 Å². The van der Waals surface area contributed by atoms with Crippen LogP contribution in [0.25, 0.3) is 0 Å². The van der Waals surface area contributed by atoms with Gasteiger partial charge in [0.25, 0.3) is 0 Å². The molecule has 0 aliphatic heterocycles. The summed E-state index contributed by atoms with van der Waals surface area (Å²) in [5.74, 6) is -7.43. The van der Waals surface area contributed by atoms with Crippen LogP contribution in [0.15, 0.2) is 0 Å². The van der Waals surface area contributed by atoms with Crippen molar-refractivity contribution in [2.75, 3.05) is 46.2 Å². The van der Waals surface area contributed by atoms with E-state index >= 15 is 0 Å². The van der Waals surface area contributed by atoms with E-state index in [0.717, 1.165) is 0 Å². The average molecular weight is 1140 g/mol. The largest absolute Gasteiger partial charge is 0.396 e. The minimum atomic E-state index is -1.97. The van der Waals surface area contributed by atoms with Crippen molar-refractivity contribution >= 4 is 0 Å². The van der Waals surface area contributed by atoms with Crippen molar-refractivity contribution in [1.29, 1.82) is 0 Å². The fourth-order valence-electron chi connectivity index (χ4n) is 13.0. The van der Waals surface area contributed by atoms with Crippen LogP contribution in [0.5, 0.6) is 0 Å². The summed E-state index contributed by atoms with van der Waals surface area (Å²) < 4.78 is 36.8. The van der Waals surface area contributed by atoms with E-state index in [0.29, 0.717) is 0 Å². The van der Waals surface area contributed by atoms with Crippen LogP contribution in [0.4, 0.5) is 0 Å². The highest BCUT2D eigenvalue weighted by molar-refractivity contribution is 5.05. The van der Waals surface area contributed by atoms with Crippen molar-refractivity contribution in [1.82, 2.24) is 0 Å². The van der Waals surface area contributed by atoms with Gasteiger partial charge in [-0.25, -0.2) is 0 Å². The zero-order valence-corrected chi connectivity index (χ0v) is 42.8. The molecule has 456 valence electrons. The third kappa shape index (κ3) is 13.3. The van der Waals surface area contributed by atoms with E-state index in [4.69, 9.17) is 28.4 Å². The molecule has 7 fully saturated rings. The lowest BCUT2D eigenvalue weighted by Crippen LogP contribution is -2.65. The van der Waals surface area contributed by atoms with Crippen molar-refractivity contribution in [3.05, 3.63) is 0 Å². The zero-order chi connectivity index (χ0) is 57.3. The van der Waals surface area contributed by atoms with E-state index in [1.807, 2.05) is 0 Å². The van der Waals surface area contributed by atoms with Crippen LogP contribution in [0.3, 0.4) is 0 Å². The van der Waals surface area contributed by atoms with Gasteiger partial charge < -0.3 is 146 Å². The smallest absolute Gasteiger partial charge is 0.113 e. The molecular weight excluding hydrogens is 1050 g/mol. The zero-order valence-electron chi connectivity index (χ0n) is 42.8. The first-order valence-electron chi connectivity index (χ1n) is 27.1. The second kappa shape index (κ2) is 27.7. The molecule has 78 heavy (non-hydrogen) atoms. The average Bonchev–Trinajstić information content (AvgIpc) is 3.43. The van der Waals surface area contributed by atoms with Gasteiger partial charge in [0.2, 0.25) is 0 Å². The molecule has 29 heteroatoms. The van der Waals surface area contributed by atoms with Crippen molar-refractivity contribution < 1.29 is 146 Å². The molecule has 35 unspecified atom stereocenters. The number of rotatable bonds is 19. The van der Waals surface area contributed by atoms with Gasteiger partial charge in [0, 0.05) is 74.5 Å². The summed E-state index contributed by atoms with van der Waals surface area (Å²) in [5.41, 5.74) is 0. The molecule has 7 saturated carbocycles. The fraction of sp³-hybridized carbons (Fsp3) is 1.00. The van der Waals surface area contributed by atoms with Gasteiger partial charge >= 0.3 is 0 Å². The highest BCUT2D eigenvalue weighted by atomic mass is 16.6. The molecule has 0 saturated heterocycles. The van der Waals surface area contributed by atoms with E-state index in [2.05, 4.69) is 0 Å². The van der Waals surface area contributed by atoms with E-state index < -0.39 is 271 Å². The quantitative estimate of drug-likeness (QED) is 0.0571. The van der Waals surface area contributed by atoms with Crippen molar-refractivity contribution in [3.63, 3.8) is 0 Å². The van der Waals surface area contributed by atoms with Crippen LogP contribution >= 0.6 is 0 Å². The van der Waals surface area contributed by atoms with Crippen LogP contribution in [-0.4, -0.2) is 335 Å². The van der Waals surface area contributed by atoms with Gasteiger partial charge in [-0.15, -0.1) is 0 Å². The topological polar surface area (TPSA) is 521 Å². The highest BCUT2D eigenvalue weighted by Gasteiger charge is 2.56. The van der Waals surface area contributed by atoms with Gasteiger partial charge in [-0.05, 0) is 44.9 Å². The van der Waals surface area contributed by atoms with Crippen LogP contribution < -0.4 is 0 Å². The first-order valence-corrected chi connectivity index (χ1v) is 27.1. The highest BCUT2D eigenvalue weighted by Crippen LogP contribution is 2.42. The number of hydrogen-bond acceptors (Lipinski definition) is 29. The Morgan fingerprint density at radius 1 is 0.218 bits per heavy atom. The minimum absolute atomic E-state index is 0.151. The van der Waals surface area contributed by atoms with Crippen molar-refractivity contribution in [3.8, 4) is 0 Å². The molecule has 29 nitrogen and oxygen atoms in total. The van der Waals surface area contributed by atoms with Gasteiger partial charge in [-0.2, -0.15) is 0 Å². The molecule has 0 radical (unpaired) electrons. The molecule has 7 aliphatic carbocycles. The number of ether oxygens (including phenoxy) is 6. The first kappa shape index (κ1) is 64.4. The third-order valence-electron chi connectivity index (χ3n) is 18.2. The predicted molar refractivity (Wildman–Crippen MR) is 254 cm³/mol. The molecule has 35 atom stereocenters. The Morgan fingerprint density at radius 2 is 0.449 bits per heavy atom. The van der Waals surface area contributed by atoms with Gasteiger partial charge in [0.1, 0.15) is 85.5 Å². The minimum Gasteiger partial charge on any atom is -0.396 e. The van der Waals surface area contributed by atoms with E-state index in [1.165, 1.54) is 0 Å². The molecule has 0 spiro atoms. The molecule has 7 rings (SSSR count). The molecule has 0 aromatic heterocycles. The van der Waals surface area contributed by atoms with Crippen LogP contribution in [0.1, 0.15) is 44.9 Å². The maximum Gasteiger partial charge on any atom is 0.113 e. The Kier molecular flexibility index (Phi) is 22.9. The Morgan fingerprint density at radius 3 is 0.769 bits per heavy atom. The summed E-state index contributed by atoms with van der Waals surface area (Å²) in [4.78, 5) is 0. The number of hydrogen-bond donors (Lipinski definition) is 23. The lowest BCUT2D eigenvalue weighted by molar-refractivity contribution is -0.287. The van der Waals surface area contributed by atoms with Gasteiger partial charge in [-0.3, -0.25) is 0 Å². The molecule has 0 heterocycles. The maximum absolute atomic E-state index is 12.2. The monoisotopic (exact) mass is 1140 g/mol. The summed E-state index contributed by atoms with van der Waals surface area (Å²) in [6, 6.07) is 0. The van der Waals surface area contributed by atoms with E-state index in [9.17, 15) is 117 Å². The Labute approximate surface area is 448 Å². The second-order valence-corrected chi connectivity index (χ2v) is 23.1. The molecule has 0 amide bonds. The molecule has 7 aliphatic rings. The Balaban J connectivity index is 1.15. The van der Waals surface area contributed by atoms with E-state index in [1.54, 1.807) is 0 Å². The van der Waals surface area contributed by atoms with Crippen molar-refractivity contribution in [2.24, 2.45) is 41.4 Å². The van der Waals surface area contributed by atoms with Gasteiger partial charge in [-0.1, -0.05) is 0 Å². The number of aliphatic hydroxyl groups is 23. The lowest BCUT2D eigenvalue weighted by atomic mass is 9.77. The summed E-state index contributed by atoms with van der Waals surface area (Å²) in [5, 5.41) is 250. The standard InChI is InChI=1S/C49H86O29/c50-8-15-1-22(55)36(63)46(32(15)59)76-27-6-20(13-73-23-2-16(9-51)29(56)43(70)37(23)64)35(62)49(41(27)68)77-26-5-19(12-54)33(60)47(40(26)67)78-28-7-21(14-74-24-3-17(10-52)30(57)44(71)38(24)65)34(61)48(42(28)69)75-25-4-18(11-53)31(58)45(72)39(25)66/h15-72H,1-14H2. The molecule has 0 aromatic carbocycles. The summed E-state index contributed by atoms with van der Waals surface area (Å²) in [6.45, 7) is -4.26. The summed E-state index contributed by atoms with van der Waals surface area (Å²) >= 11 is 0. The van der Waals surface area contributed by atoms with Crippen LogP contribution in [0.2, 0.25) is 0 Å². The lowest BCUT2D eigenvalue weighted by Gasteiger charge is -2.50. The SMILES string of the molecule is OCC1CC(OCC2CC(OC3C(O)C(CO)CC(OC4C(O)C(COC5CC(CO)C(O)C(O)C5O)CC(OC5C(O)C(O)CC(CO)C5O)C4O)C3O)C(O)C(OC3CC(CO)C(O)C(O)C3O)C2O)C(O)C(O)C1O. The van der Waals surface area contributed by atoms with Gasteiger partial charge in [0.05, 0.1) is 98.7 Å². The molecule has 23 N–H and O–H groups in total. The van der Waals surface area contributed by atoms with Crippen LogP contribution in [0, 0.1) is 41.4 Å². The first-order chi connectivity index (χ1) is 36.9. The van der Waals surface area contributed by atoms with E-state index in [-0.39, 0.29) is 32.1 Å². The Bertz CT molecular complexity index is 1810. The summed E-state index contributed by atoms with van der Waals surface area (Å²) in [6.07, 6.45) is -48.7. The number of aliphatic hydroxyl groups excluding tert-OH is 23. The fourth-order valence-corrected chi connectivity index (χ4v) is 13.0. The normalized spacial score (nSPS) is 53.5. The predicted octanol–water partition coefficient (Wildman–Crippen LogP) is -11.6. The summed E-state index contributed by atoms with van der Waals surface area (Å²) in [7, 11) is 0. The maximum atomic E-state index is 12.2. The van der Waals surface area contributed by atoms with Crippen molar-refractivity contribution in [2.45, 2.75) is 216 Å². The van der Waals surface area contributed by atoms with Gasteiger partial charge in [0.15, 0.2) is 0 Å². The molecule has 0 bridgehead atoms. The Hall–Kier alpha value is -1.16. The second-order valence-electron chi connectivity index (χ2n) is 23.1. The molecule has 0 aromatic rings.